The number of ether oxygens (including phenoxy) is 1. The van der Waals surface area contributed by atoms with E-state index in [-0.39, 0.29) is 0 Å². The minimum atomic E-state index is 0.815. The highest BCUT2D eigenvalue weighted by atomic mass is 16.5. The van der Waals surface area contributed by atoms with Crippen LogP contribution < -0.4 is 4.74 Å². The van der Waals surface area contributed by atoms with Crippen LogP contribution in [0.25, 0.3) is 34.4 Å². The van der Waals surface area contributed by atoms with Crippen LogP contribution >= 0.6 is 0 Å². The van der Waals surface area contributed by atoms with E-state index >= 15 is 0 Å². The van der Waals surface area contributed by atoms with Crippen molar-refractivity contribution in [2.45, 2.75) is 0 Å². The largest absolute Gasteiger partial charge is 0.457 e. The summed E-state index contributed by atoms with van der Waals surface area (Å²) in [5.41, 5.74) is 6.86. The van der Waals surface area contributed by atoms with Gasteiger partial charge in [-0.1, -0.05) is 86.0 Å². The maximum Gasteiger partial charge on any atom is 0.127 e. The molecule has 4 aromatic carbocycles. The SMILES string of the molecule is C=Cc1cccc(-c2ccc(Oc3ccc(-c4cccc(C=C)c4)cc3)cc2)c1. The first kappa shape index (κ1) is 18.5. The fourth-order valence-electron chi connectivity index (χ4n) is 3.26. The Morgan fingerprint density at radius 1 is 0.483 bits per heavy atom. The normalized spacial score (nSPS) is 10.3. The van der Waals surface area contributed by atoms with Gasteiger partial charge in [0, 0.05) is 0 Å². The van der Waals surface area contributed by atoms with Gasteiger partial charge in [-0.3, -0.25) is 0 Å². The van der Waals surface area contributed by atoms with E-state index in [2.05, 4.69) is 61.7 Å². The molecule has 0 amide bonds. The van der Waals surface area contributed by atoms with Crippen LogP contribution in [0.3, 0.4) is 0 Å². The molecule has 1 nitrogen and oxygen atoms in total. The van der Waals surface area contributed by atoms with Crippen molar-refractivity contribution in [2.24, 2.45) is 0 Å². The van der Waals surface area contributed by atoms with Gasteiger partial charge in [-0.2, -0.15) is 0 Å². The highest BCUT2D eigenvalue weighted by molar-refractivity contribution is 5.69. The number of hydrogen-bond acceptors (Lipinski definition) is 1. The predicted octanol–water partition coefficient (Wildman–Crippen LogP) is 8.10. The first-order chi connectivity index (χ1) is 14.2. The molecule has 1 heteroatoms. The van der Waals surface area contributed by atoms with Gasteiger partial charge in [-0.15, -0.1) is 0 Å². The van der Waals surface area contributed by atoms with Gasteiger partial charge in [-0.05, 0) is 69.8 Å². The maximum absolute atomic E-state index is 6.02. The number of benzene rings is 4. The van der Waals surface area contributed by atoms with Gasteiger partial charge in [0.25, 0.3) is 0 Å². The van der Waals surface area contributed by atoms with Gasteiger partial charge in [-0.25, -0.2) is 0 Å². The fourth-order valence-corrected chi connectivity index (χ4v) is 3.26. The second-order valence-corrected chi connectivity index (χ2v) is 6.81. The third-order valence-electron chi connectivity index (χ3n) is 4.86. The van der Waals surface area contributed by atoms with E-state index in [1.54, 1.807) is 0 Å². The van der Waals surface area contributed by atoms with Gasteiger partial charge >= 0.3 is 0 Å². The molecule has 4 aromatic rings. The molecule has 0 aliphatic carbocycles. The maximum atomic E-state index is 6.02. The Balaban J connectivity index is 1.49. The molecule has 0 aliphatic rings. The summed E-state index contributed by atoms with van der Waals surface area (Å²) >= 11 is 0. The molecule has 0 aliphatic heterocycles. The van der Waals surface area contributed by atoms with E-state index in [9.17, 15) is 0 Å². The summed E-state index contributed by atoms with van der Waals surface area (Å²) in [6.45, 7) is 7.67. The molecule has 0 fully saturated rings. The van der Waals surface area contributed by atoms with Crippen molar-refractivity contribution in [3.63, 3.8) is 0 Å². The van der Waals surface area contributed by atoms with Crippen LogP contribution in [0.5, 0.6) is 11.5 Å². The zero-order chi connectivity index (χ0) is 20.1. The van der Waals surface area contributed by atoms with E-state index in [1.165, 1.54) is 11.1 Å². The number of hydrogen-bond donors (Lipinski definition) is 0. The molecule has 0 saturated carbocycles. The average Bonchev–Trinajstić information content (AvgIpc) is 2.80. The van der Waals surface area contributed by atoms with Crippen LogP contribution in [0, 0.1) is 0 Å². The predicted molar refractivity (Wildman–Crippen MR) is 124 cm³/mol. The minimum Gasteiger partial charge on any atom is -0.457 e. The fraction of sp³-hybridized carbons (Fsp3) is 0. The van der Waals surface area contributed by atoms with E-state index in [0.29, 0.717) is 0 Å². The Morgan fingerprint density at radius 3 is 1.28 bits per heavy atom. The highest BCUT2D eigenvalue weighted by Crippen LogP contribution is 2.28. The van der Waals surface area contributed by atoms with Crippen LogP contribution in [0.15, 0.2) is 110 Å². The van der Waals surface area contributed by atoms with Crippen LogP contribution in [0.4, 0.5) is 0 Å². The van der Waals surface area contributed by atoms with Crippen molar-refractivity contribution in [1.29, 1.82) is 0 Å². The first-order valence-electron chi connectivity index (χ1n) is 9.59. The van der Waals surface area contributed by atoms with Crippen molar-refractivity contribution in [1.82, 2.24) is 0 Å². The molecule has 0 bridgehead atoms. The molecule has 0 atom stereocenters. The number of rotatable bonds is 6. The summed E-state index contributed by atoms with van der Waals surface area (Å²) in [7, 11) is 0. The molecular formula is C28H22O. The van der Waals surface area contributed by atoms with Gasteiger partial charge in [0.2, 0.25) is 0 Å². The second-order valence-electron chi connectivity index (χ2n) is 6.81. The van der Waals surface area contributed by atoms with Crippen LogP contribution in [0.1, 0.15) is 11.1 Å². The van der Waals surface area contributed by atoms with Crippen LogP contribution in [-0.4, -0.2) is 0 Å². The lowest BCUT2D eigenvalue weighted by molar-refractivity contribution is 0.483. The molecule has 0 N–H and O–H groups in total. The first-order valence-corrected chi connectivity index (χ1v) is 9.59. The molecule has 0 saturated heterocycles. The van der Waals surface area contributed by atoms with Gasteiger partial charge in [0.1, 0.15) is 11.5 Å². The lowest BCUT2D eigenvalue weighted by Gasteiger charge is -2.09. The molecule has 0 heterocycles. The molecule has 0 radical (unpaired) electrons. The van der Waals surface area contributed by atoms with Crippen LogP contribution in [0.2, 0.25) is 0 Å². The van der Waals surface area contributed by atoms with Crippen molar-refractivity contribution >= 4 is 12.2 Å². The topological polar surface area (TPSA) is 9.23 Å². The van der Waals surface area contributed by atoms with E-state index in [1.807, 2.05) is 60.7 Å². The van der Waals surface area contributed by atoms with Crippen molar-refractivity contribution < 1.29 is 4.74 Å². The Kier molecular flexibility index (Phi) is 5.40. The Labute approximate surface area is 172 Å². The molecule has 0 spiro atoms. The molecule has 140 valence electrons. The summed E-state index contributed by atoms with van der Waals surface area (Å²) in [4.78, 5) is 0. The van der Waals surface area contributed by atoms with E-state index < -0.39 is 0 Å². The molecule has 29 heavy (non-hydrogen) atoms. The molecule has 4 rings (SSSR count). The zero-order valence-corrected chi connectivity index (χ0v) is 16.2. The monoisotopic (exact) mass is 374 g/mol. The molecule has 0 aromatic heterocycles. The van der Waals surface area contributed by atoms with Gasteiger partial charge < -0.3 is 4.74 Å². The quantitative estimate of drug-likeness (QED) is 0.331. The minimum absolute atomic E-state index is 0.815. The lowest BCUT2D eigenvalue weighted by atomic mass is 10.0. The third-order valence-corrected chi connectivity index (χ3v) is 4.86. The smallest absolute Gasteiger partial charge is 0.127 e. The standard InChI is InChI=1S/C28H22O/c1-3-21-7-5-9-25(19-21)23-11-15-27(16-12-23)29-28-17-13-24(14-18-28)26-10-6-8-22(4-2)20-26/h3-20H,1-2H2. The Bertz CT molecular complexity index is 1040. The van der Waals surface area contributed by atoms with Crippen molar-refractivity contribution in [2.75, 3.05) is 0 Å². The highest BCUT2D eigenvalue weighted by Gasteiger charge is 2.03. The zero-order valence-electron chi connectivity index (χ0n) is 16.2. The Morgan fingerprint density at radius 2 is 0.897 bits per heavy atom. The summed E-state index contributed by atoms with van der Waals surface area (Å²) in [5.74, 6) is 1.63. The summed E-state index contributed by atoms with van der Waals surface area (Å²) in [6, 6.07) is 32.9. The summed E-state index contributed by atoms with van der Waals surface area (Å²) in [6.07, 6.45) is 3.72. The summed E-state index contributed by atoms with van der Waals surface area (Å²) < 4.78 is 6.02. The van der Waals surface area contributed by atoms with Crippen molar-refractivity contribution in [3.05, 3.63) is 121 Å². The summed E-state index contributed by atoms with van der Waals surface area (Å²) in [5, 5.41) is 0. The van der Waals surface area contributed by atoms with Crippen LogP contribution in [-0.2, 0) is 0 Å². The second kappa shape index (κ2) is 8.45. The Hall–Kier alpha value is -3.84. The lowest BCUT2D eigenvalue weighted by Crippen LogP contribution is -1.86. The third kappa shape index (κ3) is 4.36. The van der Waals surface area contributed by atoms with Gasteiger partial charge in [0.15, 0.2) is 0 Å². The molecule has 0 unspecified atom stereocenters. The van der Waals surface area contributed by atoms with E-state index in [0.717, 1.165) is 33.8 Å². The van der Waals surface area contributed by atoms with Crippen molar-refractivity contribution in [3.8, 4) is 33.8 Å². The van der Waals surface area contributed by atoms with E-state index in [4.69, 9.17) is 4.74 Å². The van der Waals surface area contributed by atoms with Gasteiger partial charge in [0.05, 0.1) is 0 Å². The molecular weight excluding hydrogens is 352 g/mol. The average molecular weight is 374 g/mol.